The Bertz CT molecular complexity index is 345. The van der Waals surface area contributed by atoms with Crippen molar-refractivity contribution in [2.24, 2.45) is 0 Å². The minimum Gasteiger partial charge on any atom is -0.427 e. The molecule has 0 aromatic heterocycles. The monoisotopic (exact) mass is 256 g/mol. The van der Waals surface area contributed by atoms with E-state index in [1.165, 1.54) is 6.92 Å². The van der Waals surface area contributed by atoms with Crippen molar-refractivity contribution in [1.29, 1.82) is 0 Å². The number of carbonyl (C=O) groups is 1. The van der Waals surface area contributed by atoms with E-state index in [4.69, 9.17) is 4.74 Å². The molecule has 2 nitrogen and oxygen atoms in total. The van der Waals surface area contributed by atoms with E-state index in [9.17, 15) is 4.79 Å². The number of benzene rings is 1. The van der Waals surface area contributed by atoms with Crippen molar-refractivity contribution >= 4 is 21.9 Å². The van der Waals surface area contributed by atoms with Gasteiger partial charge >= 0.3 is 5.97 Å². The van der Waals surface area contributed by atoms with Crippen LogP contribution in [0.3, 0.4) is 0 Å². The number of carbonyl (C=O) groups excluding carboxylic acids is 1. The minimum absolute atomic E-state index is 0.294. The van der Waals surface area contributed by atoms with Gasteiger partial charge in [-0.15, -0.1) is 0 Å². The number of esters is 1. The molecule has 0 radical (unpaired) electrons. The summed E-state index contributed by atoms with van der Waals surface area (Å²) in [5.41, 5.74) is 1.15. The molecule has 0 bridgehead atoms. The molecule has 0 aliphatic carbocycles. The van der Waals surface area contributed by atoms with Gasteiger partial charge in [-0.2, -0.15) is 0 Å². The highest BCUT2D eigenvalue weighted by atomic mass is 79.9. The van der Waals surface area contributed by atoms with Crippen LogP contribution in [0, 0.1) is 0 Å². The first-order chi connectivity index (χ1) is 6.49. The lowest BCUT2D eigenvalue weighted by Crippen LogP contribution is -2.02. The Labute approximate surface area is 92.4 Å². The van der Waals surface area contributed by atoms with Crippen LogP contribution in [0.15, 0.2) is 22.7 Å². The second kappa shape index (κ2) is 4.60. The van der Waals surface area contributed by atoms with Crippen LogP contribution in [0.1, 0.15) is 32.3 Å². The van der Waals surface area contributed by atoms with Crippen molar-refractivity contribution in [1.82, 2.24) is 0 Å². The van der Waals surface area contributed by atoms with E-state index >= 15 is 0 Å². The van der Waals surface area contributed by atoms with E-state index < -0.39 is 0 Å². The molecule has 0 fully saturated rings. The van der Waals surface area contributed by atoms with Gasteiger partial charge in [-0.25, -0.2) is 0 Å². The molecule has 0 N–H and O–H groups in total. The molecule has 76 valence electrons. The molecule has 3 heteroatoms. The van der Waals surface area contributed by atoms with Crippen LogP contribution < -0.4 is 4.74 Å². The van der Waals surface area contributed by atoms with Crippen LogP contribution in [-0.4, -0.2) is 5.97 Å². The summed E-state index contributed by atoms with van der Waals surface area (Å²) in [7, 11) is 0. The van der Waals surface area contributed by atoms with Gasteiger partial charge in [0.1, 0.15) is 5.75 Å². The average Bonchev–Trinajstić information content (AvgIpc) is 2.01. The zero-order valence-corrected chi connectivity index (χ0v) is 10.1. The third kappa shape index (κ3) is 3.14. The highest BCUT2D eigenvalue weighted by Gasteiger charge is 2.05. The Morgan fingerprint density at radius 3 is 2.50 bits per heavy atom. The molecule has 0 heterocycles. The Balaban J connectivity index is 3.01. The third-order valence-electron chi connectivity index (χ3n) is 1.82. The van der Waals surface area contributed by atoms with Crippen LogP contribution in [0.4, 0.5) is 0 Å². The average molecular weight is 257 g/mol. The molecule has 14 heavy (non-hydrogen) atoms. The number of ether oxygens (including phenoxy) is 1. The molecule has 0 atom stereocenters. The maximum absolute atomic E-state index is 10.8. The molecule has 0 aliphatic rings. The fourth-order valence-corrected chi connectivity index (χ4v) is 1.63. The minimum atomic E-state index is -0.294. The van der Waals surface area contributed by atoms with E-state index in [0.29, 0.717) is 11.7 Å². The van der Waals surface area contributed by atoms with Gasteiger partial charge in [0.15, 0.2) is 0 Å². The molecule has 0 saturated heterocycles. The van der Waals surface area contributed by atoms with Crippen LogP contribution in [0.5, 0.6) is 5.75 Å². The van der Waals surface area contributed by atoms with Gasteiger partial charge in [0.25, 0.3) is 0 Å². The highest BCUT2D eigenvalue weighted by molar-refractivity contribution is 9.10. The smallest absolute Gasteiger partial charge is 0.308 e. The van der Waals surface area contributed by atoms with Gasteiger partial charge in [0, 0.05) is 11.4 Å². The number of hydrogen-bond acceptors (Lipinski definition) is 2. The van der Waals surface area contributed by atoms with Crippen molar-refractivity contribution in [3.63, 3.8) is 0 Å². The summed E-state index contributed by atoms with van der Waals surface area (Å²) in [6.45, 7) is 5.59. The SMILES string of the molecule is CC(=O)Oc1cc(Br)cc(C(C)C)c1. The molecule has 0 aliphatic heterocycles. The van der Waals surface area contributed by atoms with Gasteiger partial charge in [0.05, 0.1) is 0 Å². The number of rotatable bonds is 2. The summed E-state index contributed by atoms with van der Waals surface area (Å²) in [6, 6.07) is 5.70. The summed E-state index contributed by atoms with van der Waals surface area (Å²) in [4.78, 5) is 10.8. The predicted molar refractivity (Wildman–Crippen MR) is 59.5 cm³/mol. The van der Waals surface area contributed by atoms with Crippen molar-refractivity contribution in [2.45, 2.75) is 26.7 Å². The normalized spacial score (nSPS) is 10.4. The lowest BCUT2D eigenvalue weighted by molar-refractivity contribution is -0.131. The lowest BCUT2D eigenvalue weighted by Gasteiger charge is -2.08. The summed E-state index contributed by atoms with van der Waals surface area (Å²) in [5, 5.41) is 0. The summed E-state index contributed by atoms with van der Waals surface area (Å²) < 4.78 is 5.95. The van der Waals surface area contributed by atoms with E-state index in [0.717, 1.165) is 10.0 Å². The fourth-order valence-electron chi connectivity index (χ4n) is 1.14. The Kier molecular flexibility index (Phi) is 3.69. The molecular formula is C11H13BrO2. The van der Waals surface area contributed by atoms with Crippen LogP contribution in [-0.2, 0) is 4.79 Å². The lowest BCUT2D eigenvalue weighted by atomic mass is 10.0. The Morgan fingerprint density at radius 1 is 1.36 bits per heavy atom. The van der Waals surface area contributed by atoms with Crippen molar-refractivity contribution < 1.29 is 9.53 Å². The molecule has 0 unspecified atom stereocenters. The van der Waals surface area contributed by atoms with E-state index in [2.05, 4.69) is 29.8 Å². The van der Waals surface area contributed by atoms with E-state index in [1.54, 1.807) is 6.07 Å². The van der Waals surface area contributed by atoms with Crippen molar-refractivity contribution in [3.05, 3.63) is 28.2 Å². The highest BCUT2D eigenvalue weighted by Crippen LogP contribution is 2.26. The first-order valence-electron chi connectivity index (χ1n) is 4.48. The molecule has 1 aromatic carbocycles. The molecule has 0 saturated carbocycles. The first-order valence-corrected chi connectivity index (χ1v) is 5.27. The number of hydrogen-bond donors (Lipinski definition) is 0. The van der Waals surface area contributed by atoms with E-state index in [-0.39, 0.29) is 5.97 Å². The maximum atomic E-state index is 10.8. The summed E-state index contributed by atoms with van der Waals surface area (Å²) in [5.74, 6) is 0.718. The Hall–Kier alpha value is -0.830. The van der Waals surface area contributed by atoms with Gasteiger partial charge in [-0.05, 0) is 29.7 Å². The predicted octanol–water partition coefficient (Wildman–Crippen LogP) is 3.50. The van der Waals surface area contributed by atoms with Gasteiger partial charge in [-0.1, -0.05) is 29.8 Å². The van der Waals surface area contributed by atoms with Gasteiger partial charge in [-0.3, -0.25) is 4.79 Å². The summed E-state index contributed by atoms with van der Waals surface area (Å²) >= 11 is 3.38. The quantitative estimate of drug-likeness (QED) is 0.598. The second-order valence-electron chi connectivity index (χ2n) is 3.47. The van der Waals surface area contributed by atoms with Crippen LogP contribution in [0.25, 0.3) is 0 Å². The largest absolute Gasteiger partial charge is 0.427 e. The molecule has 0 amide bonds. The summed E-state index contributed by atoms with van der Waals surface area (Å²) in [6.07, 6.45) is 0. The van der Waals surface area contributed by atoms with Crippen LogP contribution in [0.2, 0.25) is 0 Å². The first kappa shape index (κ1) is 11.2. The molecule has 0 spiro atoms. The van der Waals surface area contributed by atoms with Crippen LogP contribution >= 0.6 is 15.9 Å². The maximum Gasteiger partial charge on any atom is 0.308 e. The standard InChI is InChI=1S/C11H13BrO2/c1-7(2)9-4-10(12)6-11(5-9)14-8(3)13/h4-7H,1-3H3. The van der Waals surface area contributed by atoms with Crippen molar-refractivity contribution in [2.75, 3.05) is 0 Å². The van der Waals surface area contributed by atoms with Gasteiger partial charge < -0.3 is 4.74 Å². The molecule has 1 rings (SSSR count). The Morgan fingerprint density at radius 2 is 2.00 bits per heavy atom. The number of halogens is 1. The topological polar surface area (TPSA) is 26.3 Å². The zero-order chi connectivity index (χ0) is 10.7. The third-order valence-corrected chi connectivity index (χ3v) is 2.28. The fraction of sp³-hybridized carbons (Fsp3) is 0.364. The molecule has 1 aromatic rings. The zero-order valence-electron chi connectivity index (χ0n) is 8.50. The molecular weight excluding hydrogens is 244 g/mol. The second-order valence-corrected chi connectivity index (χ2v) is 4.38. The van der Waals surface area contributed by atoms with Crippen molar-refractivity contribution in [3.8, 4) is 5.75 Å². The van der Waals surface area contributed by atoms with E-state index in [1.807, 2.05) is 12.1 Å². The van der Waals surface area contributed by atoms with Gasteiger partial charge in [0.2, 0.25) is 0 Å².